The number of hydrogen-bond acceptors (Lipinski definition) is 3. The van der Waals surface area contributed by atoms with Gasteiger partial charge in [-0.25, -0.2) is 8.78 Å². The van der Waals surface area contributed by atoms with E-state index in [0.717, 1.165) is 31.0 Å². The fourth-order valence-corrected chi connectivity index (χ4v) is 4.72. The van der Waals surface area contributed by atoms with Gasteiger partial charge in [0.05, 0.1) is 5.92 Å². The highest BCUT2D eigenvalue weighted by atomic mass is 19.1. The number of rotatable bonds is 4. The molecule has 1 atom stereocenters. The molecule has 32 heavy (non-hydrogen) atoms. The summed E-state index contributed by atoms with van der Waals surface area (Å²) in [5.74, 6) is -0.959. The van der Waals surface area contributed by atoms with E-state index in [0.29, 0.717) is 50.4 Å². The molecule has 2 saturated heterocycles. The number of carbonyl (C=O) groups is 2. The van der Waals surface area contributed by atoms with Crippen LogP contribution in [-0.2, 0) is 16.1 Å². The number of carbonyl (C=O) groups excluding carboxylic acids is 2. The molecule has 2 aromatic rings. The third kappa shape index (κ3) is 5.15. The molecule has 2 aliphatic heterocycles. The summed E-state index contributed by atoms with van der Waals surface area (Å²) >= 11 is 0. The van der Waals surface area contributed by atoms with Crippen LogP contribution >= 0.6 is 0 Å². The number of likely N-dealkylation sites (tertiary alicyclic amines) is 1. The number of amides is 2. The first-order chi connectivity index (χ1) is 15.4. The quantitative estimate of drug-likeness (QED) is 0.729. The lowest BCUT2D eigenvalue weighted by molar-refractivity contribution is -0.142. The Hall–Kier alpha value is -2.80. The standard InChI is InChI=1S/C25H29F2N3O2/c1-18(31)29-10-12-30(13-11-29)25(32)21-6-3-9-28(17-21)16-19-4-2-5-20(14-19)23-8-7-22(26)15-24(23)27/h2,4-5,7-8,14-15,21H,3,6,9-13,16-17H2,1H3. The van der Waals surface area contributed by atoms with Crippen molar-refractivity contribution in [2.24, 2.45) is 5.92 Å². The molecule has 0 bridgehead atoms. The van der Waals surface area contributed by atoms with Crippen molar-refractivity contribution in [2.45, 2.75) is 26.3 Å². The minimum absolute atomic E-state index is 0.0367. The van der Waals surface area contributed by atoms with Gasteiger partial charge in [0.2, 0.25) is 11.8 Å². The van der Waals surface area contributed by atoms with Crippen molar-refractivity contribution in [3.05, 3.63) is 59.7 Å². The molecule has 0 aliphatic carbocycles. The molecular formula is C25H29F2N3O2. The van der Waals surface area contributed by atoms with E-state index in [2.05, 4.69) is 4.90 Å². The third-order valence-electron chi connectivity index (χ3n) is 6.47. The van der Waals surface area contributed by atoms with Crippen molar-refractivity contribution >= 4 is 11.8 Å². The van der Waals surface area contributed by atoms with Gasteiger partial charge >= 0.3 is 0 Å². The fraction of sp³-hybridized carbons (Fsp3) is 0.440. The van der Waals surface area contributed by atoms with E-state index >= 15 is 0 Å². The van der Waals surface area contributed by atoms with Crippen LogP contribution < -0.4 is 0 Å². The van der Waals surface area contributed by atoms with Crippen LogP contribution in [0.15, 0.2) is 42.5 Å². The van der Waals surface area contributed by atoms with E-state index in [1.54, 1.807) is 11.8 Å². The maximum absolute atomic E-state index is 14.2. The molecule has 2 aromatic carbocycles. The number of piperazine rings is 1. The van der Waals surface area contributed by atoms with Gasteiger partial charge in [-0.15, -0.1) is 0 Å². The fourth-order valence-electron chi connectivity index (χ4n) is 4.72. The Morgan fingerprint density at radius 1 is 0.969 bits per heavy atom. The Morgan fingerprint density at radius 3 is 2.44 bits per heavy atom. The molecule has 7 heteroatoms. The molecule has 1 unspecified atom stereocenters. The van der Waals surface area contributed by atoms with Crippen molar-refractivity contribution < 1.29 is 18.4 Å². The van der Waals surface area contributed by atoms with Crippen molar-refractivity contribution in [1.29, 1.82) is 0 Å². The van der Waals surface area contributed by atoms with Crippen LogP contribution in [0.3, 0.4) is 0 Å². The molecule has 2 aliphatic rings. The molecule has 2 fully saturated rings. The summed E-state index contributed by atoms with van der Waals surface area (Å²) in [6, 6.07) is 11.3. The average molecular weight is 442 g/mol. The Labute approximate surface area is 187 Å². The molecule has 170 valence electrons. The smallest absolute Gasteiger partial charge is 0.227 e. The predicted molar refractivity (Wildman–Crippen MR) is 119 cm³/mol. The van der Waals surface area contributed by atoms with E-state index in [-0.39, 0.29) is 17.7 Å². The van der Waals surface area contributed by atoms with Crippen molar-refractivity contribution in [1.82, 2.24) is 14.7 Å². The number of hydrogen-bond donors (Lipinski definition) is 0. The van der Waals surface area contributed by atoms with E-state index < -0.39 is 11.6 Å². The van der Waals surface area contributed by atoms with Crippen molar-refractivity contribution in [3.8, 4) is 11.1 Å². The Bertz CT molecular complexity index is 989. The zero-order valence-electron chi connectivity index (χ0n) is 18.4. The minimum atomic E-state index is -0.589. The highest BCUT2D eigenvalue weighted by Crippen LogP contribution is 2.26. The number of benzene rings is 2. The van der Waals surface area contributed by atoms with Crippen LogP contribution in [0.25, 0.3) is 11.1 Å². The molecule has 5 nitrogen and oxygen atoms in total. The second kappa shape index (κ2) is 9.77. The highest BCUT2D eigenvalue weighted by Gasteiger charge is 2.31. The molecule has 0 N–H and O–H groups in total. The first-order valence-electron chi connectivity index (χ1n) is 11.2. The number of piperidine rings is 1. The van der Waals surface area contributed by atoms with E-state index in [9.17, 15) is 18.4 Å². The molecule has 2 heterocycles. The third-order valence-corrected chi connectivity index (χ3v) is 6.47. The zero-order valence-corrected chi connectivity index (χ0v) is 18.4. The lowest BCUT2D eigenvalue weighted by Gasteiger charge is -2.38. The maximum atomic E-state index is 14.2. The topological polar surface area (TPSA) is 43.9 Å². The second-order valence-electron chi connectivity index (χ2n) is 8.73. The second-order valence-corrected chi connectivity index (χ2v) is 8.73. The SMILES string of the molecule is CC(=O)N1CCN(C(=O)C2CCCN(Cc3cccc(-c4ccc(F)cc4F)c3)C2)CC1. The lowest BCUT2D eigenvalue weighted by Crippen LogP contribution is -2.53. The van der Waals surface area contributed by atoms with Crippen LogP contribution in [0.5, 0.6) is 0 Å². The van der Waals surface area contributed by atoms with Gasteiger partial charge < -0.3 is 9.80 Å². The summed E-state index contributed by atoms with van der Waals surface area (Å²) in [7, 11) is 0. The Morgan fingerprint density at radius 2 is 1.72 bits per heavy atom. The molecule has 2 amide bonds. The largest absolute Gasteiger partial charge is 0.339 e. The van der Waals surface area contributed by atoms with Gasteiger partial charge in [-0.05, 0) is 48.7 Å². The van der Waals surface area contributed by atoms with Crippen LogP contribution in [0.2, 0.25) is 0 Å². The molecule has 0 saturated carbocycles. The number of halogens is 2. The van der Waals surface area contributed by atoms with Gasteiger partial charge in [-0.1, -0.05) is 18.2 Å². The lowest BCUT2D eigenvalue weighted by atomic mass is 9.95. The van der Waals surface area contributed by atoms with Gasteiger partial charge in [0.15, 0.2) is 0 Å². The predicted octanol–water partition coefficient (Wildman–Crippen LogP) is 3.53. The summed E-state index contributed by atoms with van der Waals surface area (Å²) in [6.45, 7) is 6.25. The molecule has 4 rings (SSSR count). The Balaban J connectivity index is 1.38. The minimum Gasteiger partial charge on any atom is -0.339 e. The van der Waals surface area contributed by atoms with Crippen molar-refractivity contribution in [3.63, 3.8) is 0 Å². The Kier molecular flexibility index (Phi) is 6.84. The van der Waals surface area contributed by atoms with Gasteiger partial charge in [0.1, 0.15) is 11.6 Å². The summed E-state index contributed by atoms with van der Waals surface area (Å²) in [6.07, 6.45) is 1.83. The van der Waals surface area contributed by atoms with Crippen LogP contribution in [0.4, 0.5) is 8.78 Å². The summed E-state index contributed by atoms with van der Waals surface area (Å²) < 4.78 is 27.4. The molecular weight excluding hydrogens is 412 g/mol. The molecule has 0 spiro atoms. The molecule has 0 aromatic heterocycles. The van der Waals surface area contributed by atoms with Gasteiger partial charge in [-0.2, -0.15) is 0 Å². The van der Waals surface area contributed by atoms with E-state index in [1.165, 1.54) is 12.1 Å². The van der Waals surface area contributed by atoms with Crippen LogP contribution in [0.1, 0.15) is 25.3 Å². The summed E-state index contributed by atoms with van der Waals surface area (Å²) in [5, 5.41) is 0. The van der Waals surface area contributed by atoms with E-state index in [1.807, 2.05) is 29.2 Å². The summed E-state index contributed by atoms with van der Waals surface area (Å²) in [4.78, 5) is 30.5. The first kappa shape index (κ1) is 22.4. The average Bonchev–Trinajstić information content (AvgIpc) is 2.79. The van der Waals surface area contributed by atoms with E-state index in [4.69, 9.17) is 0 Å². The normalized spacial score (nSPS) is 19.8. The zero-order chi connectivity index (χ0) is 22.7. The maximum Gasteiger partial charge on any atom is 0.227 e. The molecule has 0 radical (unpaired) electrons. The highest BCUT2D eigenvalue weighted by molar-refractivity contribution is 5.80. The van der Waals surface area contributed by atoms with Gasteiger partial charge in [0, 0.05) is 57.8 Å². The monoisotopic (exact) mass is 441 g/mol. The van der Waals surface area contributed by atoms with Gasteiger partial charge in [-0.3, -0.25) is 14.5 Å². The van der Waals surface area contributed by atoms with Crippen molar-refractivity contribution in [2.75, 3.05) is 39.3 Å². The summed E-state index contributed by atoms with van der Waals surface area (Å²) in [5.41, 5.74) is 2.13. The van der Waals surface area contributed by atoms with Crippen LogP contribution in [0, 0.1) is 17.6 Å². The number of nitrogens with zero attached hydrogens (tertiary/aromatic N) is 3. The first-order valence-corrected chi connectivity index (χ1v) is 11.2. The van der Waals surface area contributed by atoms with Gasteiger partial charge in [0.25, 0.3) is 0 Å². The van der Waals surface area contributed by atoms with Crippen LogP contribution in [-0.4, -0.2) is 65.8 Å².